The molecule has 1 aromatic heterocycles. The molecule has 0 aliphatic carbocycles. The lowest BCUT2D eigenvalue weighted by atomic mass is 10.1. The summed E-state index contributed by atoms with van der Waals surface area (Å²) in [5.74, 6) is 1.35. The van der Waals surface area contributed by atoms with Crippen LogP contribution in [0.2, 0.25) is 5.28 Å². The zero-order chi connectivity index (χ0) is 13.3. The Balaban J connectivity index is 2.46. The zero-order valence-corrected chi connectivity index (χ0v) is 11.7. The van der Waals surface area contributed by atoms with Gasteiger partial charge in [-0.05, 0) is 56.0 Å². The van der Waals surface area contributed by atoms with E-state index in [9.17, 15) is 0 Å². The molecule has 2 rings (SSSR count). The van der Waals surface area contributed by atoms with E-state index in [0.29, 0.717) is 5.88 Å². The largest absolute Gasteiger partial charge is 0.438 e. The van der Waals surface area contributed by atoms with E-state index in [1.807, 2.05) is 26.8 Å². The molecule has 0 aliphatic heterocycles. The van der Waals surface area contributed by atoms with Crippen LogP contribution in [0.3, 0.4) is 0 Å². The second kappa shape index (κ2) is 4.94. The van der Waals surface area contributed by atoms with Crippen LogP contribution in [-0.2, 0) is 0 Å². The molecule has 0 fully saturated rings. The van der Waals surface area contributed by atoms with Gasteiger partial charge in [0.15, 0.2) is 0 Å². The van der Waals surface area contributed by atoms with Crippen LogP contribution < -0.4 is 4.74 Å². The standard InChI is InChI=1S/C14H15ClN2O/c1-8-5-6-9(2)12(11(8)4)18-13-10(3)7-16-14(15)17-13/h5-7H,1-4H3. The Bertz CT molecular complexity index is 597. The van der Waals surface area contributed by atoms with Crippen molar-refractivity contribution >= 4 is 11.6 Å². The minimum Gasteiger partial charge on any atom is -0.438 e. The van der Waals surface area contributed by atoms with Gasteiger partial charge in [0, 0.05) is 11.8 Å². The van der Waals surface area contributed by atoms with E-state index in [4.69, 9.17) is 16.3 Å². The number of rotatable bonds is 2. The maximum absolute atomic E-state index is 5.90. The molecule has 0 saturated carbocycles. The van der Waals surface area contributed by atoms with Crippen LogP contribution in [-0.4, -0.2) is 9.97 Å². The van der Waals surface area contributed by atoms with Crippen molar-refractivity contribution in [2.24, 2.45) is 0 Å². The second-order valence-electron chi connectivity index (χ2n) is 4.38. The Morgan fingerprint density at radius 1 is 1.00 bits per heavy atom. The summed E-state index contributed by atoms with van der Waals surface area (Å²) in [6, 6.07) is 4.12. The smallest absolute Gasteiger partial charge is 0.226 e. The lowest BCUT2D eigenvalue weighted by molar-refractivity contribution is 0.450. The van der Waals surface area contributed by atoms with E-state index in [-0.39, 0.29) is 5.28 Å². The first-order chi connectivity index (χ1) is 8.49. The van der Waals surface area contributed by atoms with Gasteiger partial charge in [0.1, 0.15) is 5.75 Å². The average Bonchev–Trinajstić information content (AvgIpc) is 2.34. The quantitative estimate of drug-likeness (QED) is 0.763. The van der Waals surface area contributed by atoms with Crippen LogP contribution in [0.5, 0.6) is 11.6 Å². The molecule has 1 aromatic carbocycles. The fourth-order valence-electron chi connectivity index (χ4n) is 1.69. The van der Waals surface area contributed by atoms with Crippen molar-refractivity contribution in [3.8, 4) is 11.6 Å². The van der Waals surface area contributed by atoms with Gasteiger partial charge in [-0.2, -0.15) is 4.98 Å². The van der Waals surface area contributed by atoms with Crippen LogP contribution >= 0.6 is 11.6 Å². The molecule has 0 N–H and O–H groups in total. The van der Waals surface area contributed by atoms with E-state index in [0.717, 1.165) is 22.4 Å². The maximum Gasteiger partial charge on any atom is 0.226 e. The highest BCUT2D eigenvalue weighted by Gasteiger charge is 2.11. The highest BCUT2D eigenvalue weighted by atomic mass is 35.5. The molecule has 0 atom stereocenters. The van der Waals surface area contributed by atoms with Crippen molar-refractivity contribution in [2.45, 2.75) is 27.7 Å². The number of hydrogen-bond donors (Lipinski definition) is 0. The summed E-state index contributed by atoms with van der Waals surface area (Å²) in [7, 11) is 0. The summed E-state index contributed by atoms with van der Waals surface area (Å²) < 4.78 is 5.90. The number of aryl methyl sites for hydroxylation is 3. The summed E-state index contributed by atoms with van der Waals surface area (Å²) in [5, 5.41) is 0.193. The monoisotopic (exact) mass is 262 g/mol. The summed E-state index contributed by atoms with van der Waals surface area (Å²) in [4.78, 5) is 8.03. The first kappa shape index (κ1) is 12.8. The minimum atomic E-state index is 0.193. The van der Waals surface area contributed by atoms with Gasteiger partial charge in [-0.25, -0.2) is 4.98 Å². The predicted octanol–water partition coefficient (Wildman–Crippen LogP) is 4.16. The molecule has 0 amide bonds. The first-order valence-corrected chi connectivity index (χ1v) is 6.10. The SMILES string of the molecule is Cc1cnc(Cl)nc1Oc1c(C)ccc(C)c1C. The number of ether oxygens (including phenoxy) is 1. The third-order valence-electron chi connectivity index (χ3n) is 2.97. The number of hydrogen-bond acceptors (Lipinski definition) is 3. The van der Waals surface area contributed by atoms with Crippen molar-refractivity contribution in [1.82, 2.24) is 9.97 Å². The molecule has 2 aromatic rings. The predicted molar refractivity (Wildman–Crippen MR) is 72.5 cm³/mol. The normalized spacial score (nSPS) is 10.5. The zero-order valence-electron chi connectivity index (χ0n) is 10.9. The molecule has 18 heavy (non-hydrogen) atoms. The molecule has 0 radical (unpaired) electrons. The average molecular weight is 263 g/mol. The molecular weight excluding hydrogens is 248 g/mol. The van der Waals surface area contributed by atoms with Crippen molar-refractivity contribution in [2.75, 3.05) is 0 Å². The van der Waals surface area contributed by atoms with E-state index in [1.54, 1.807) is 6.20 Å². The van der Waals surface area contributed by atoms with E-state index >= 15 is 0 Å². The van der Waals surface area contributed by atoms with Gasteiger partial charge in [-0.3, -0.25) is 0 Å². The third-order valence-corrected chi connectivity index (χ3v) is 3.15. The number of halogens is 1. The van der Waals surface area contributed by atoms with Crippen molar-refractivity contribution in [3.05, 3.63) is 45.9 Å². The lowest BCUT2D eigenvalue weighted by Gasteiger charge is -2.14. The molecule has 3 nitrogen and oxygen atoms in total. The highest BCUT2D eigenvalue weighted by Crippen LogP contribution is 2.31. The van der Waals surface area contributed by atoms with Crippen LogP contribution in [0.25, 0.3) is 0 Å². The van der Waals surface area contributed by atoms with Crippen LogP contribution in [0.4, 0.5) is 0 Å². The van der Waals surface area contributed by atoms with Gasteiger partial charge in [0.25, 0.3) is 0 Å². The van der Waals surface area contributed by atoms with Crippen LogP contribution in [0, 0.1) is 27.7 Å². The Morgan fingerprint density at radius 2 is 1.67 bits per heavy atom. The summed E-state index contributed by atoms with van der Waals surface area (Å²) >= 11 is 5.79. The molecule has 0 aliphatic rings. The first-order valence-electron chi connectivity index (χ1n) is 5.73. The Morgan fingerprint density at radius 3 is 2.39 bits per heavy atom. The topological polar surface area (TPSA) is 35.0 Å². The van der Waals surface area contributed by atoms with Gasteiger partial charge in [-0.15, -0.1) is 0 Å². The fraction of sp³-hybridized carbons (Fsp3) is 0.286. The van der Waals surface area contributed by atoms with Crippen molar-refractivity contribution in [1.29, 1.82) is 0 Å². The molecular formula is C14H15ClN2O. The summed E-state index contributed by atoms with van der Waals surface area (Å²) in [5.41, 5.74) is 4.24. The van der Waals surface area contributed by atoms with Gasteiger partial charge in [-0.1, -0.05) is 12.1 Å². The molecule has 0 unspecified atom stereocenters. The third kappa shape index (κ3) is 2.46. The molecule has 0 spiro atoms. The van der Waals surface area contributed by atoms with Gasteiger partial charge < -0.3 is 4.74 Å². The summed E-state index contributed by atoms with van der Waals surface area (Å²) in [6.07, 6.45) is 1.66. The lowest BCUT2D eigenvalue weighted by Crippen LogP contribution is -1.98. The maximum atomic E-state index is 5.90. The molecule has 94 valence electrons. The number of nitrogens with zero attached hydrogens (tertiary/aromatic N) is 2. The molecule has 1 heterocycles. The number of benzene rings is 1. The minimum absolute atomic E-state index is 0.193. The Hall–Kier alpha value is -1.61. The van der Waals surface area contributed by atoms with Gasteiger partial charge in [0.05, 0.1) is 0 Å². The Kier molecular flexibility index (Phi) is 3.53. The highest BCUT2D eigenvalue weighted by molar-refractivity contribution is 6.28. The van der Waals surface area contributed by atoms with Gasteiger partial charge >= 0.3 is 0 Å². The van der Waals surface area contributed by atoms with Crippen LogP contribution in [0.15, 0.2) is 18.3 Å². The Labute approximate surface area is 112 Å². The fourth-order valence-corrected chi connectivity index (χ4v) is 1.81. The second-order valence-corrected chi connectivity index (χ2v) is 4.72. The van der Waals surface area contributed by atoms with Crippen molar-refractivity contribution in [3.63, 3.8) is 0 Å². The summed E-state index contributed by atoms with van der Waals surface area (Å²) in [6.45, 7) is 8.00. The molecule has 0 saturated heterocycles. The van der Waals surface area contributed by atoms with E-state index < -0.39 is 0 Å². The van der Waals surface area contributed by atoms with Crippen molar-refractivity contribution < 1.29 is 4.74 Å². The van der Waals surface area contributed by atoms with E-state index in [2.05, 4.69) is 23.0 Å². The van der Waals surface area contributed by atoms with E-state index in [1.165, 1.54) is 5.56 Å². The van der Waals surface area contributed by atoms with Crippen LogP contribution in [0.1, 0.15) is 22.3 Å². The number of aromatic nitrogens is 2. The molecule has 0 bridgehead atoms. The molecule has 4 heteroatoms. The van der Waals surface area contributed by atoms with Gasteiger partial charge in [0.2, 0.25) is 11.2 Å².